The van der Waals surface area contributed by atoms with E-state index in [4.69, 9.17) is 16.6 Å². The molecular weight excluding hydrogens is 474 g/mol. The maximum Gasteiger partial charge on any atom is 0.254 e. The maximum atomic E-state index is 13.6. The number of rotatable bonds is 6. The average Bonchev–Trinajstić information content (AvgIpc) is 3.63. The fourth-order valence-corrected chi connectivity index (χ4v) is 4.88. The van der Waals surface area contributed by atoms with Crippen molar-refractivity contribution < 1.29 is 9.21 Å². The minimum atomic E-state index is -0.897. The summed E-state index contributed by atoms with van der Waals surface area (Å²) < 4.78 is 6.09. The Hall–Kier alpha value is -4.72. The molecular formula is C31H27N5O2. The van der Waals surface area contributed by atoms with Crippen LogP contribution in [-0.4, -0.2) is 33.6 Å². The first-order chi connectivity index (χ1) is 18.4. The van der Waals surface area contributed by atoms with Gasteiger partial charge in [0, 0.05) is 17.7 Å². The van der Waals surface area contributed by atoms with Crippen LogP contribution in [0.15, 0.2) is 77.2 Å². The van der Waals surface area contributed by atoms with Crippen molar-refractivity contribution in [2.45, 2.75) is 37.8 Å². The Balaban J connectivity index is 1.57. The monoisotopic (exact) mass is 501 g/mol. The highest BCUT2D eigenvalue weighted by atomic mass is 16.4. The maximum absolute atomic E-state index is 13.6. The van der Waals surface area contributed by atoms with Crippen LogP contribution >= 0.6 is 0 Å². The van der Waals surface area contributed by atoms with Crippen molar-refractivity contribution in [2.24, 2.45) is 5.73 Å². The van der Waals surface area contributed by atoms with Crippen molar-refractivity contribution in [1.82, 2.24) is 15.1 Å². The third kappa shape index (κ3) is 4.93. The first kappa shape index (κ1) is 25.0. The van der Waals surface area contributed by atoms with E-state index in [1.165, 1.54) is 0 Å². The van der Waals surface area contributed by atoms with Gasteiger partial charge in [-0.05, 0) is 67.1 Å². The lowest BCUT2D eigenvalue weighted by molar-refractivity contribution is 0.0766. The van der Waals surface area contributed by atoms with E-state index >= 15 is 0 Å². The molecule has 0 radical (unpaired) electrons. The summed E-state index contributed by atoms with van der Waals surface area (Å²) in [5.41, 5.74) is 9.64. The lowest BCUT2D eigenvalue weighted by Crippen LogP contribution is -2.35. The molecule has 0 spiro atoms. The number of benzene rings is 3. The van der Waals surface area contributed by atoms with Crippen LogP contribution in [0.1, 0.15) is 47.1 Å². The molecule has 7 nitrogen and oxygen atoms in total. The lowest BCUT2D eigenvalue weighted by atomic mass is 9.94. The van der Waals surface area contributed by atoms with Gasteiger partial charge in [0.2, 0.25) is 11.8 Å². The minimum absolute atomic E-state index is 0.171. The molecule has 1 saturated heterocycles. The second-order valence-corrected chi connectivity index (χ2v) is 9.77. The normalized spacial score (nSPS) is 16.4. The van der Waals surface area contributed by atoms with Crippen LogP contribution in [-0.2, 0) is 12.0 Å². The predicted octanol–water partition coefficient (Wildman–Crippen LogP) is 4.93. The average molecular weight is 502 g/mol. The zero-order chi connectivity index (χ0) is 26.7. The molecule has 4 aromatic rings. The van der Waals surface area contributed by atoms with E-state index in [2.05, 4.69) is 22.2 Å². The highest BCUT2D eigenvalue weighted by molar-refractivity contribution is 5.97. The van der Waals surface area contributed by atoms with Gasteiger partial charge in [0.25, 0.3) is 5.91 Å². The Labute approximate surface area is 221 Å². The van der Waals surface area contributed by atoms with Gasteiger partial charge in [-0.15, -0.1) is 16.6 Å². The number of likely N-dealkylation sites (tertiary alicyclic amines) is 1. The van der Waals surface area contributed by atoms with E-state index < -0.39 is 5.54 Å². The third-order valence-electron chi connectivity index (χ3n) is 6.82. The van der Waals surface area contributed by atoms with Crippen molar-refractivity contribution in [3.63, 3.8) is 0 Å². The van der Waals surface area contributed by atoms with Gasteiger partial charge in [0.15, 0.2) is 0 Å². The van der Waals surface area contributed by atoms with Gasteiger partial charge in [-0.1, -0.05) is 54.5 Å². The van der Waals surface area contributed by atoms with E-state index in [0.29, 0.717) is 46.7 Å². The fourth-order valence-electron chi connectivity index (χ4n) is 4.88. The smallest absolute Gasteiger partial charge is 0.254 e. The molecule has 38 heavy (non-hydrogen) atoms. The minimum Gasteiger partial charge on any atom is -0.419 e. The van der Waals surface area contributed by atoms with E-state index in [-0.39, 0.29) is 17.8 Å². The second-order valence-electron chi connectivity index (χ2n) is 9.77. The largest absolute Gasteiger partial charge is 0.419 e. The molecule has 0 bridgehead atoms. The molecule has 1 unspecified atom stereocenters. The Bertz CT molecular complexity index is 1560. The molecule has 0 saturated carbocycles. The van der Waals surface area contributed by atoms with E-state index in [0.717, 1.165) is 18.4 Å². The van der Waals surface area contributed by atoms with E-state index in [9.17, 15) is 10.1 Å². The summed E-state index contributed by atoms with van der Waals surface area (Å²) in [4.78, 5) is 15.3. The van der Waals surface area contributed by atoms with Gasteiger partial charge in [-0.25, -0.2) is 0 Å². The van der Waals surface area contributed by atoms with Crippen LogP contribution in [0.4, 0.5) is 0 Å². The molecule has 5 rings (SSSR count). The number of amides is 1. The van der Waals surface area contributed by atoms with Crippen molar-refractivity contribution in [3.8, 4) is 41.0 Å². The van der Waals surface area contributed by atoms with Gasteiger partial charge in [-0.2, -0.15) is 5.26 Å². The Morgan fingerprint density at radius 3 is 2.63 bits per heavy atom. The number of nitrogens with two attached hydrogens (primary N) is 1. The number of hydrogen-bond donors (Lipinski definition) is 1. The van der Waals surface area contributed by atoms with Crippen molar-refractivity contribution in [3.05, 3.63) is 95.4 Å². The molecule has 1 aliphatic rings. The summed E-state index contributed by atoms with van der Waals surface area (Å²) >= 11 is 0. The first-order valence-electron chi connectivity index (χ1n) is 12.5. The SMILES string of the molecule is C#CC1CCCN1C(=O)c1cc(-c2nnc([C@@](C)(N)Cc3ccccc3)o2)cc(-c2ccccc2C#N)c1. The summed E-state index contributed by atoms with van der Waals surface area (Å²) in [7, 11) is 0. The Morgan fingerprint density at radius 2 is 1.87 bits per heavy atom. The summed E-state index contributed by atoms with van der Waals surface area (Å²) in [6.07, 6.45) is 7.83. The summed E-state index contributed by atoms with van der Waals surface area (Å²) in [5.74, 6) is 3.08. The number of hydrogen-bond acceptors (Lipinski definition) is 6. The zero-order valence-corrected chi connectivity index (χ0v) is 21.1. The van der Waals surface area contributed by atoms with Gasteiger partial charge in [0.1, 0.15) is 0 Å². The predicted molar refractivity (Wildman–Crippen MR) is 144 cm³/mol. The van der Waals surface area contributed by atoms with Crippen LogP contribution in [0.25, 0.3) is 22.6 Å². The molecule has 1 aromatic heterocycles. The summed E-state index contributed by atoms with van der Waals surface area (Å²) in [5, 5.41) is 18.2. The van der Waals surface area contributed by atoms with Crippen LogP contribution < -0.4 is 5.73 Å². The number of carbonyl (C=O) groups excluding carboxylic acids is 1. The lowest BCUT2D eigenvalue weighted by Gasteiger charge is -2.21. The molecule has 0 aliphatic carbocycles. The van der Waals surface area contributed by atoms with Crippen LogP contribution in [0.3, 0.4) is 0 Å². The highest BCUT2D eigenvalue weighted by Gasteiger charge is 2.31. The molecule has 1 amide bonds. The van der Waals surface area contributed by atoms with Crippen molar-refractivity contribution in [2.75, 3.05) is 6.54 Å². The van der Waals surface area contributed by atoms with Crippen molar-refractivity contribution in [1.29, 1.82) is 5.26 Å². The number of nitrogens with zero attached hydrogens (tertiary/aromatic N) is 4. The molecule has 1 fully saturated rings. The van der Waals surface area contributed by atoms with Gasteiger partial charge >= 0.3 is 0 Å². The standard InChI is InChI=1S/C31H27N5O2/c1-3-26-13-9-15-36(26)29(37)25-17-23(27-14-8-7-12-22(27)20-32)16-24(18-25)28-34-35-30(38-28)31(2,33)19-21-10-5-4-6-11-21/h1,4-8,10-12,14,16-18,26H,9,13,15,19,33H2,2H3/t26?,31-/m0/s1. The van der Waals surface area contributed by atoms with Crippen LogP contribution in [0, 0.1) is 23.7 Å². The van der Waals surface area contributed by atoms with E-state index in [1.54, 1.807) is 29.2 Å². The number of terminal acetylenes is 1. The number of nitriles is 1. The molecule has 1 aliphatic heterocycles. The Morgan fingerprint density at radius 1 is 1.13 bits per heavy atom. The highest BCUT2D eigenvalue weighted by Crippen LogP contribution is 2.32. The molecule has 2 atom stereocenters. The van der Waals surface area contributed by atoms with Gasteiger partial charge in [0.05, 0.1) is 23.2 Å². The molecule has 7 heteroatoms. The first-order valence-corrected chi connectivity index (χ1v) is 12.5. The Kier molecular flexibility index (Phi) is 6.79. The van der Waals surface area contributed by atoms with Crippen LogP contribution in [0.5, 0.6) is 0 Å². The summed E-state index contributed by atoms with van der Waals surface area (Å²) in [6.45, 7) is 2.44. The summed E-state index contributed by atoms with van der Waals surface area (Å²) in [6, 6.07) is 24.5. The number of aromatic nitrogens is 2. The molecule has 2 heterocycles. The zero-order valence-electron chi connectivity index (χ0n) is 21.1. The topological polar surface area (TPSA) is 109 Å². The molecule has 2 N–H and O–H groups in total. The fraction of sp³-hybridized carbons (Fsp3) is 0.226. The number of carbonyl (C=O) groups is 1. The van der Waals surface area contributed by atoms with Gasteiger partial charge < -0.3 is 15.1 Å². The quantitative estimate of drug-likeness (QED) is 0.375. The molecule has 3 aromatic carbocycles. The van der Waals surface area contributed by atoms with Gasteiger partial charge in [-0.3, -0.25) is 4.79 Å². The molecule has 188 valence electrons. The van der Waals surface area contributed by atoms with E-state index in [1.807, 2.05) is 55.5 Å². The van der Waals surface area contributed by atoms with Crippen molar-refractivity contribution >= 4 is 5.91 Å². The third-order valence-corrected chi connectivity index (χ3v) is 6.82. The van der Waals surface area contributed by atoms with Crippen LogP contribution in [0.2, 0.25) is 0 Å². The second kappa shape index (κ2) is 10.3.